The summed E-state index contributed by atoms with van der Waals surface area (Å²) < 4.78 is 1.62. The van der Waals surface area contributed by atoms with Crippen LogP contribution in [0, 0.1) is 17.8 Å². The summed E-state index contributed by atoms with van der Waals surface area (Å²) in [6.45, 7) is 0. The number of aromatic nitrogens is 2. The van der Waals surface area contributed by atoms with Gasteiger partial charge in [-0.25, -0.2) is 10.2 Å². The second kappa shape index (κ2) is 9.45. The molecule has 4 N–H and O–H groups in total. The quantitative estimate of drug-likeness (QED) is 0.229. The molecule has 0 bridgehead atoms. The molecule has 35 heavy (non-hydrogen) atoms. The van der Waals surface area contributed by atoms with Crippen molar-refractivity contribution in [1.29, 1.82) is 0 Å². The van der Waals surface area contributed by atoms with Gasteiger partial charge in [-0.2, -0.15) is 5.10 Å². The minimum atomic E-state index is -0.802. The van der Waals surface area contributed by atoms with Crippen LogP contribution >= 0.6 is 0 Å². The van der Waals surface area contributed by atoms with Crippen LogP contribution in [0.1, 0.15) is 40.5 Å². The molecule has 0 aliphatic heterocycles. The second-order valence-corrected chi connectivity index (χ2v) is 8.66. The lowest BCUT2D eigenvalue weighted by Gasteiger charge is -2.17. The fraction of sp³-hybridized carbons (Fsp3) is 0.179. The molecule has 7 heteroatoms. The molecular weight excluding hydrogens is 440 g/mol. The number of hydrogen-bond acceptors (Lipinski definition) is 4. The highest BCUT2D eigenvalue weighted by Gasteiger charge is 2.27. The number of carbonyl (C=O) groups is 2. The Balaban J connectivity index is 1.67. The molecule has 1 aromatic heterocycles. The lowest BCUT2D eigenvalue weighted by Crippen LogP contribution is -2.33. The second-order valence-electron chi connectivity index (χ2n) is 8.66. The number of hydrogen-bond donors (Lipinski definition) is 3. The smallest absolute Gasteiger partial charge is 0.268 e. The molecule has 0 saturated heterocycles. The van der Waals surface area contributed by atoms with E-state index in [1.165, 1.54) is 0 Å². The Morgan fingerprint density at radius 1 is 1.06 bits per heavy atom. The minimum absolute atomic E-state index is 0.335. The molecule has 7 nitrogen and oxygen atoms in total. The zero-order valence-electron chi connectivity index (χ0n) is 18.9. The van der Waals surface area contributed by atoms with E-state index in [1.807, 2.05) is 60.7 Å². The van der Waals surface area contributed by atoms with Gasteiger partial charge in [-0.05, 0) is 48.1 Å². The molecule has 1 aliphatic carbocycles. The summed E-state index contributed by atoms with van der Waals surface area (Å²) in [7, 11) is 0. The van der Waals surface area contributed by atoms with Crippen LogP contribution in [-0.2, 0) is 11.2 Å². The number of carbonyl (C=O) groups excluding carboxylic acids is 2. The summed E-state index contributed by atoms with van der Waals surface area (Å²) in [4.78, 5) is 24.3. The van der Waals surface area contributed by atoms with Gasteiger partial charge in [-0.15, -0.1) is 0 Å². The van der Waals surface area contributed by atoms with E-state index in [4.69, 9.17) is 10.8 Å². The van der Waals surface area contributed by atoms with E-state index in [1.54, 1.807) is 22.3 Å². The molecule has 2 amide bonds. The van der Waals surface area contributed by atoms with Crippen molar-refractivity contribution in [2.45, 2.75) is 25.3 Å². The molecule has 1 aliphatic rings. The normalized spacial score (nSPS) is 13.6. The molecule has 1 unspecified atom stereocenters. The molecule has 3 aromatic carbocycles. The number of benzene rings is 3. The minimum Gasteiger partial charge on any atom is -0.366 e. The van der Waals surface area contributed by atoms with Crippen molar-refractivity contribution in [3.05, 3.63) is 89.6 Å². The van der Waals surface area contributed by atoms with Crippen LogP contribution in [0.15, 0.2) is 72.8 Å². The first-order valence-electron chi connectivity index (χ1n) is 11.5. The van der Waals surface area contributed by atoms with Crippen LogP contribution in [0.4, 0.5) is 0 Å². The summed E-state index contributed by atoms with van der Waals surface area (Å²) in [5.74, 6) is 5.87. The highest BCUT2D eigenvalue weighted by atomic mass is 16.5. The standard InChI is InChI=1S/C28H24N4O3/c29-27(33)21-14-12-20(13-15-21)22-7-4-8-23-24(16-11-18-9-10-18)32(30-26(22)23)25(28(34)31-35)17-19-5-2-1-3-6-19/h1-8,12-15,18,25,35H,9-10,17H2,(H2,29,33)(H,31,34). The van der Waals surface area contributed by atoms with Crippen molar-refractivity contribution < 1.29 is 14.8 Å². The highest BCUT2D eigenvalue weighted by Crippen LogP contribution is 2.33. The van der Waals surface area contributed by atoms with E-state index in [0.29, 0.717) is 29.1 Å². The van der Waals surface area contributed by atoms with Gasteiger partial charge in [0, 0.05) is 28.9 Å². The maximum atomic E-state index is 12.8. The zero-order valence-corrected chi connectivity index (χ0v) is 18.9. The van der Waals surface area contributed by atoms with Gasteiger partial charge in [0.25, 0.3) is 5.91 Å². The Morgan fingerprint density at radius 2 is 1.80 bits per heavy atom. The van der Waals surface area contributed by atoms with Crippen LogP contribution < -0.4 is 11.2 Å². The van der Waals surface area contributed by atoms with E-state index < -0.39 is 17.9 Å². The highest BCUT2D eigenvalue weighted by molar-refractivity contribution is 5.98. The average molecular weight is 465 g/mol. The van der Waals surface area contributed by atoms with E-state index in [2.05, 4.69) is 11.8 Å². The number of rotatable bonds is 6. The largest absolute Gasteiger partial charge is 0.366 e. The van der Waals surface area contributed by atoms with Crippen molar-refractivity contribution in [3.63, 3.8) is 0 Å². The topological polar surface area (TPSA) is 110 Å². The molecule has 174 valence electrons. The van der Waals surface area contributed by atoms with Gasteiger partial charge >= 0.3 is 0 Å². The summed E-state index contributed by atoms with van der Waals surface area (Å²) in [6.07, 6.45) is 2.48. The van der Waals surface area contributed by atoms with Crippen molar-refractivity contribution in [2.24, 2.45) is 11.7 Å². The third kappa shape index (κ3) is 4.65. The van der Waals surface area contributed by atoms with E-state index in [-0.39, 0.29) is 0 Å². The molecule has 0 radical (unpaired) electrons. The number of nitrogens with two attached hydrogens (primary N) is 1. The Hall–Kier alpha value is -4.41. The number of fused-ring (bicyclic) bond motifs is 1. The lowest BCUT2D eigenvalue weighted by atomic mass is 10.0. The number of nitrogens with zero attached hydrogens (tertiary/aromatic N) is 2. The Bertz CT molecular complexity index is 1460. The number of primary amides is 1. The van der Waals surface area contributed by atoms with Gasteiger partial charge in [-0.1, -0.05) is 60.5 Å². The Morgan fingerprint density at radius 3 is 2.46 bits per heavy atom. The van der Waals surface area contributed by atoms with E-state index >= 15 is 0 Å². The van der Waals surface area contributed by atoms with Crippen LogP contribution in [-0.4, -0.2) is 26.8 Å². The number of amides is 2. The predicted molar refractivity (Wildman–Crippen MR) is 132 cm³/mol. The molecule has 0 spiro atoms. The first kappa shape index (κ1) is 22.4. The fourth-order valence-electron chi connectivity index (χ4n) is 4.12. The summed E-state index contributed by atoms with van der Waals surface area (Å²) in [5, 5.41) is 15.2. The van der Waals surface area contributed by atoms with Crippen LogP contribution in [0.5, 0.6) is 0 Å². The zero-order chi connectivity index (χ0) is 24.4. The van der Waals surface area contributed by atoms with Crippen molar-refractivity contribution in [2.75, 3.05) is 0 Å². The summed E-state index contributed by atoms with van der Waals surface area (Å²) in [6, 6.07) is 21.6. The first-order valence-corrected chi connectivity index (χ1v) is 11.5. The molecule has 1 atom stereocenters. The molecule has 1 fully saturated rings. The van der Waals surface area contributed by atoms with Gasteiger partial charge in [0.05, 0.1) is 0 Å². The van der Waals surface area contributed by atoms with E-state index in [0.717, 1.165) is 34.9 Å². The van der Waals surface area contributed by atoms with Gasteiger partial charge < -0.3 is 5.73 Å². The predicted octanol–water partition coefficient (Wildman–Crippen LogP) is 3.85. The van der Waals surface area contributed by atoms with E-state index in [9.17, 15) is 14.8 Å². The SMILES string of the molecule is NC(=O)c1ccc(-c2cccc3c(C#CC4CC4)n(C(Cc4ccccc4)C(=O)NO)nc23)cc1. The van der Waals surface area contributed by atoms with Crippen molar-refractivity contribution in [1.82, 2.24) is 15.3 Å². The first-order chi connectivity index (χ1) is 17.0. The fourth-order valence-corrected chi connectivity index (χ4v) is 4.12. The third-order valence-electron chi connectivity index (χ3n) is 6.16. The molecule has 1 heterocycles. The Kier molecular flexibility index (Phi) is 6.04. The molecule has 1 saturated carbocycles. The maximum absolute atomic E-state index is 12.8. The van der Waals surface area contributed by atoms with Crippen molar-refractivity contribution in [3.8, 4) is 23.0 Å². The molecular formula is C28H24N4O3. The maximum Gasteiger partial charge on any atom is 0.268 e. The summed E-state index contributed by atoms with van der Waals surface area (Å²) in [5.41, 5.74) is 11.6. The van der Waals surface area contributed by atoms with Crippen molar-refractivity contribution >= 4 is 22.7 Å². The summed E-state index contributed by atoms with van der Waals surface area (Å²) >= 11 is 0. The average Bonchev–Trinajstić information content (AvgIpc) is 3.65. The number of hydroxylamine groups is 1. The Labute approximate surface area is 202 Å². The van der Waals surface area contributed by atoms with Gasteiger partial charge in [0.15, 0.2) is 0 Å². The molecule has 4 aromatic rings. The van der Waals surface area contributed by atoms with Crippen LogP contribution in [0.3, 0.4) is 0 Å². The third-order valence-corrected chi connectivity index (χ3v) is 6.16. The van der Waals surface area contributed by atoms with Gasteiger partial charge in [0.2, 0.25) is 5.91 Å². The number of nitrogens with one attached hydrogen (secondary N) is 1. The lowest BCUT2D eigenvalue weighted by molar-refractivity contribution is -0.133. The van der Waals surface area contributed by atoms with Crippen LogP contribution in [0.2, 0.25) is 0 Å². The van der Waals surface area contributed by atoms with Gasteiger partial charge in [0.1, 0.15) is 17.3 Å². The van der Waals surface area contributed by atoms with Gasteiger partial charge in [-0.3, -0.25) is 14.8 Å². The monoisotopic (exact) mass is 464 g/mol. The van der Waals surface area contributed by atoms with Crippen LogP contribution in [0.25, 0.3) is 22.0 Å². The molecule has 5 rings (SSSR count).